The number of rotatable bonds is 7. The van der Waals surface area contributed by atoms with Gasteiger partial charge in [-0.3, -0.25) is 0 Å². The number of carbonyl (C=O) groups is 1. The smallest absolute Gasteiger partial charge is 0.404 e. The third-order valence-corrected chi connectivity index (χ3v) is 2.33. The Hall–Kier alpha value is -1.95. The van der Waals surface area contributed by atoms with Crippen LogP contribution in [0.4, 0.5) is 4.79 Å². The van der Waals surface area contributed by atoms with E-state index < -0.39 is 6.09 Å². The zero-order valence-corrected chi connectivity index (χ0v) is 10.6. The summed E-state index contributed by atoms with van der Waals surface area (Å²) in [5, 5.41) is 3.12. The predicted molar refractivity (Wildman–Crippen MR) is 66.8 cm³/mol. The Kier molecular flexibility index (Phi) is 5.79. The maximum absolute atomic E-state index is 10.3. The molecular formula is C12H18N2O4. The number of primary amides is 1. The molecule has 0 atom stereocenters. The van der Waals surface area contributed by atoms with E-state index in [0.717, 1.165) is 17.1 Å². The molecule has 0 heterocycles. The highest BCUT2D eigenvalue weighted by Gasteiger charge is 2.04. The number of nitrogens with one attached hydrogen (secondary N) is 1. The largest absolute Gasteiger partial charge is 0.497 e. The number of nitrogens with two attached hydrogens (primary N) is 1. The highest BCUT2D eigenvalue weighted by molar-refractivity contribution is 5.64. The number of amides is 1. The second-order valence-corrected chi connectivity index (χ2v) is 3.52. The number of hydrogen-bond donors (Lipinski definition) is 2. The molecule has 6 nitrogen and oxygen atoms in total. The summed E-state index contributed by atoms with van der Waals surface area (Å²) >= 11 is 0. The Balaban J connectivity index is 2.44. The first-order chi connectivity index (χ1) is 8.67. The van der Waals surface area contributed by atoms with Gasteiger partial charge in [-0.2, -0.15) is 0 Å². The van der Waals surface area contributed by atoms with E-state index in [2.05, 4.69) is 10.1 Å². The molecule has 0 aliphatic carbocycles. The summed E-state index contributed by atoms with van der Waals surface area (Å²) in [5.74, 6) is 1.49. The maximum atomic E-state index is 10.3. The van der Waals surface area contributed by atoms with Gasteiger partial charge in [0.25, 0.3) is 0 Å². The van der Waals surface area contributed by atoms with Crippen LogP contribution in [0.3, 0.4) is 0 Å². The fraction of sp³-hybridized carbons (Fsp3) is 0.417. The van der Waals surface area contributed by atoms with Gasteiger partial charge >= 0.3 is 6.09 Å². The minimum Gasteiger partial charge on any atom is -0.497 e. The second-order valence-electron chi connectivity index (χ2n) is 3.52. The Morgan fingerprint density at radius 3 is 2.72 bits per heavy atom. The van der Waals surface area contributed by atoms with Gasteiger partial charge in [0.15, 0.2) is 0 Å². The monoisotopic (exact) mass is 254 g/mol. The minimum atomic E-state index is -0.765. The van der Waals surface area contributed by atoms with Crippen molar-refractivity contribution in [3.8, 4) is 11.5 Å². The van der Waals surface area contributed by atoms with Crippen LogP contribution in [0, 0.1) is 0 Å². The Labute approximate surface area is 106 Å². The van der Waals surface area contributed by atoms with Gasteiger partial charge in [0.05, 0.1) is 14.2 Å². The fourth-order valence-corrected chi connectivity index (χ4v) is 1.44. The molecular weight excluding hydrogens is 236 g/mol. The molecule has 0 aliphatic rings. The molecule has 0 fully saturated rings. The molecule has 0 unspecified atom stereocenters. The van der Waals surface area contributed by atoms with Gasteiger partial charge in [0, 0.05) is 24.7 Å². The summed E-state index contributed by atoms with van der Waals surface area (Å²) < 4.78 is 15.0. The Morgan fingerprint density at radius 2 is 2.11 bits per heavy atom. The van der Waals surface area contributed by atoms with Crippen molar-refractivity contribution in [2.24, 2.45) is 5.73 Å². The summed E-state index contributed by atoms with van der Waals surface area (Å²) in [6.45, 7) is 1.38. The number of carbonyl (C=O) groups excluding carboxylic acids is 1. The molecule has 0 saturated carbocycles. The zero-order valence-electron chi connectivity index (χ0n) is 10.6. The van der Waals surface area contributed by atoms with Crippen molar-refractivity contribution < 1.29 is 19.0 Å². The molecule has 0 bridgehead atoms. The van der Waals surface area contributed by atoms with E-state index in [1.807, 2.05) is 18.2 Å². The highest BCUT2D eigenvalue weighted by atomic mass is 16.5. The van der Waals surface area contributed by atoms with Gasteiger partial charge < -0.3 is 25.3 Å². The lowest BCUT2D eigenvalue weighted by molar-refractivity contribution is 0.157. The van der Waals surface area contributed by atoms with Crippen LogP contribution in [0.5, 0.6) is 11.5 Å². The average Bonchev–Trinajstić information content (AvgIpc) is 2.38. The number of methoxy groups -OCH3 is 2. The molecule has 0 spiro atoms. The lowest BCUT2D eigenvalue weighted by atomic mass is 10.2. The zero-order chi connectivity index (χ0) is 13.4. The number of ether oxygens (including phenoxy) is 3. The van der Waals surface area contributed by atoms with Crippen LogP contribution < -0.4 is 20.5 Å². The van der Waals surface area contributed by atoms with Crippen LogP contribution in [-0.2, 0) is 11.3 Å². The molecule has 1 rings (SSSR count). The number of hydrogen-bond acceptors (Lipinski definition) is 5. The molecule has 1 aromatic carbocycles. The predicted octanol–water partition coefficient (Wildman–Crippen LogP) is 0.889. The van der Waals surface area contributed by atoms with Crippen LogP contribution in [0.15, 0.2) is 18.2 Å². The van der Waals surface area contributed by atoms with Crippen molar-refractivity contribution in [1.29, 1.82) is 0 Å². The highest BCUT2D eigenvalue weighted by Crippen LogP contribution is 2.24. The van der Waals surface area contributed by atoms with Crippen molar-refractivity contribution in [1.82, 2.24) is 5.32 Å². The van der Waals surface area contributed by atoms with E-state index in [1.165, 1.54) is 0 Å². The summed E-state index contributed by atoms with van der Waals surface area (Å²) in [6, 6.07) is 5.59. The van der Waals surface area contributed by atoms with E-state index in [4.69, 9.17) is 15.2 Å². The van der Waals surface area contributed by atoms with Crippen molar-refractivity contribution in [3.63, 3.8) is 0 Å². The normalized spacial score (nSPS) is 9.89. The van der Waals surface area contributed by atoms with Crippen LogP contribution in [-0.4, -0.2) is 33.5 Å². The quantitative estimate of drug-likeness (QED) is 0.706. The van der Waals surface area contributed by atoms with Gasteiger partial charge in [0.1, 0.15) is 18.1 Å². The van der Waals surface area contributed by atoms with E-state index in [1.54, 1.807) is 14.2 Å². The second kappa shape index (κ2) is 7.39. The standard InChI is InChI=1S/C12H18N2O4/c1-16-10-4-3-9(11(7-10)17-2)8-14-5-6-18-12(13)15/h3-4,7,14H,5-6,8H2,1-2H3,(H2,13,15). The first-order valence-electron chi connectivity index (χ1n) is 5.51. The third-order valence-electron chi connectivity index (χ3n) is 2.33. The summed E-state index contributed by atoms with van der Waals surface area (Å²) in [5.41, 5.74) is 5.84. The van der Waals surface area contributed by atoms with Crippen molar-refractivity contribution in [3.05, 3.63) is 23.8 Å². The van der Waals surface area contributed by atoms with Gasteiger partial charge in [-0.25, -0.2) is 4.79 Å². The molecule has 1 amide bonds. The van der Waals surface area contributed by atoms with Gasteiger partial charge in [-0.05, 0) is 6.07 Å². The van der Waals surface area contributed by atoms with Crippen LogP contribution in [0.25, 0.3) is 0 Å². The first-order valence-corrected chi connectivity index (χ1v) is 5.51. The molecule has 0 radical (unpaired) electrons. The molecule has 3 N–H and O–H groups in total. The van der Waals surface area contributed by atoms with Crippen molar-refractivity contribution in [2.45, 2.75) is 6.54 Å². The molecule has 0 aromatic heterocycles. The molecule has 100 valence electrons. The summed E-state index contributed by atoms with van der Waals surface area (Å²) in [7, 11) is 3.21. The van der Waals surface area contributed by atoms with E-state index in [-0.39, 0.29) is 6.61 Å². The molecule has 6 heteroatoms. The lowest BCUT2D eigenvalue weighted by Crippen LogP contribution is -2.23. The van der Waals surface area contributed by atoms with Crippen LogP contribution >= 0.6 is 0 Å². The van der Waals surface area contributed by atoms with E-state index in [9.17, 15) is 4.79 Å². The van der Waals surface area contributed by atoms with Crippen LogP contribution in [0.2, 0.25) is 0 Å². The number of benzene rings is 1. The Morgan fingerprint density at radius 1 is 1.33 bits per heavy atom. The minimum absolute atomic E-state index is 0.244. The molecule has 18 heavy (non-hydrogen) atoms. The lowest BCUT2D eigenvalue weighted by Gasteiger charge is -2.11. The molecule has 0 saturated heterocycles. The van der Waals surface area contributed by atoms with Gasteiger partial charge in [-0.15, -0.1) is 0 Å². The van der Waals surface area contributed by atoms with Crippen molar-refractivity contribution >= 4 is 6.09 Å². The van der Waals surface area contributed by atoms with Gasteiger partial charge in [-0.1, -0.05) is 6.07 Å². The topological polar surface area (TPSA) is 82.8 Å². The molecule has 0 aliphatic heterocycles. The van der Waals surface area contributed by atoms with E-state index >= 15 is 0 Å². The third kappa shape index (κ3) is 4.50. The Bertz CT molecular complexity index is 396. The van der Waals surface area contributed by atoms with Gasteiger partial charge in [0.2, 0.25) is 0 Å². The maximum Gasteiger partial charge on any atom is 0.404 e. The first kappa shape index (κ1) is 14.1. The van der Waals surface area contributed by atoms with Crippen LogP contribution in [0.1, 0.15) is 5.56 Å². The summed E-state index contributed by atoms with van der Waals surface area (Å²) in [4.78, 5) is 10.3. The average molecular weight is 254 g/mol. The fourth-order valence-electron chi connectivity index (χ4n) is 1.44. The van der Waals surface area contributed by atoms with Crippen molar-refractivity contribution in [2.75, 3.05) is 27.4 Å². The van der Waals surface area contributed by atoms with E-state index in [0.29, 0.717) is 13.1 Å². The summed E-state index contributed by atoms with van der Waals surface area (Å²) in [6.07, 6.45) is -0.765. The SMILES string of the molecule is COc1ccc(CNCCOC(N)=O)c(OC)c1. The molecule has 1 aromatic rings.